The van der Waals surface area contributed by atoms with Crippen molar-refractivity contribution in [3.8, 4) is 0 Å². The van der Waals surface area contributed by atoms with Crippen LogP contribution in [0.2, 0.25) is 5.02 Å². The first-order chi connectivity index (χ1) is 12.1. The monoisotopic (exact) mass is 414 g/mol. The number of halogens is 1. The fourth-order valence-electron chi connectivity index (χ4n) is 2.19. The van der Waals surface area contributed by atoms with Crippen LogP contribution in [0.5, 0.6) is 0 Å². The SMILES string of the molecule is NS(=O)(=O)c1ccc(NS(=O)(=O)c2ccc3[nH]c(=O)cnc3c2)cc1Cl. The van der Waals surface area contributed by atoms with Gasteiger partial charge in [0.2, 0.25) is 10.0 Å². The van der Waals surface area contributed by atoms with Gasteiger partial charge >= 0.3 is 0 Å². The molecule has 4 N–H and O–H groups in total. The van der Waals surface area contributed by atoms with Crippen LogP contribution in [0.25, 0.3) is 11.0 Å². The molecule has 1 heterocycles. The molecule has 1 aromatic heterocycles. The van der Waals surface area contributed by atoms with Gasteiger partial charge in [-0.1, -0.05) is 11.6 Å². The van der Waals surface area contributed by atoms with Crippen molar-refractivity contribution in [1.82, 2.24) is 9.97 Å². The third kappa shape index (κ3) is 3.70. The third-order valence-corrected chi connectivity index (χ3v) is 6.12. The maximum atomic E-state index is 12.5. The maximum Gasteiger partial charge on any atom is 0.266 e. The van der Waals surface area contributed by atoms with Crippen molar-refractivity contribution in [2.75, 3.05) is 4.72 Å². The second kappa shape index (κ2) is 6.36. The number of nitrogens with two attached hydrogens (primary N) is 1. The van der Waals surface area contributed by atoms with Crippen LogP contribution in [-0.2, 0) is 20.0 Å². The molecule has 0 fully saturated rings. The summed E-state index contributed by atoms with van der Waals surface area (Å²) in [5.74, 6) is 0. The van der Waals surface area contributed by atoms with Gasteiger partial charge in [0.05, 0.1) is 32.8 Å². The van der Waals surface area contributed by atoms with E-state index in [0.717, 1.165) is 18.3 Å². The summed E-state index contributed by atoms with van der Waals surface area (Å²) in [4.78, 5) is 17.2. The zero-order chi connectivity index (χ0) is 19.1. The van der Waals surface area contributed by atoms with E-state index in [4.69, 9.17) is 16.7 Å². The van der Waals surface area contributed by atoms with Crippen LogP contribution in [0.4, 0.5) is 5.69 Å². The molecule has 0 unspecified atom stereocenters. The first-order valence-electron chi connectivity index (χ1n) is 6.90. The Kier molecular flexibility index (Phi) is 4.48. The van der Waals surface area contributed by atoms with Crippen LogP contribution in [0.1, 0.15) is 0 Å². The summed E-state index contributed by atoms with van der Waals surface area (Å²) in [5, 5.41) is 4.79. The van der Waals surface area contributed by atoms with E-state index in [2.05, 4.69) is 14.7 Å². The highest BCUT2D eigenvalue weighted by Gasteiger charge is 2.18. The number of benzene rings is 2. The molecule has 0 bridgehead atoms. The van der Waals surface area contributed by atoms with Crippen molar-refractivity contribution < 1.29 is 16.8 Å². The van der Waals surface area contributed by atoms with Crippen LogP contribution >= 0.6 is 11.6 Å². The molecule has 12 heteroatoms. The molecule has 0 aliphatic heterocycles. The lowest BCUT2D eigenvalue weighted by Gasteiger charge is -2.10. The molecule has 9 nitrogen and oxygen atoms in total. The quantitative estimate of drug-likeness (QED) is 0.579. The average molecular weight is 415 g/mol. The Hall–Kier alpha value is -2.47. The number of sulfonamides is 2. The molecule has 0 amide bonds. The number of rotatable bonds is 4. The second-order valence-electron chi connectivity index (χ2n) is 5.22. The highest BCUT2D eigenvalue weighted by atomic mass is 35.5. The number of H-pyrrole nitrogens is 1. The molecule has 3 aromatic rings. The molecule has 3 rings (SSSR count). The number of primary sulfonamides is 1. The van der Waals surface area contributed by atoms with Gasteiger partial charge in [-0.3, -0.25) is 9.52 Å². The number of aromatic amines is 1. The lowest BCUT2D eigenvalue weighted by atomic mass is 10.3. The second-order valence-corrected chi connectivity index (χ2v) is 8.84. The molecule has 26 heavy (non-hydrogen) atoms. The van der Waals surface area contributed by atoms with Gasteiger partial charge in [-0.05, 0) is 36.4 Å². The van der Waals surface area contributed by atoms with Crippen molar-refractivity contribution in [2.45, 2.75) is 9.79 Å². The number of aromatic nitrogens is 2. The fraction of sp³-hybridized carbons (Fsp3) is 0. The topological polar surface area (TPSA) is 152 Å². The standard InChI is InChI=1S/C14H11ClN4O5S2/c15-10-5-8(1-4-13(10)25(16,21)22)19-26(23,24)9-2-3-11-12(6-9)17-7-14(20)18-11/h1-7,19H,(H,18,20)(H2,16,21,22). The number of nitrogens with zero attached hydrogens (tertiary/aromatic N) is 1. The van der Waals surface area contributed by atoms with E-state index in [1.54, 1.807) is 0 Å². The zero-order valence-corrected chi connectivity index (χ0v) is 15.2. The predicted molar refractivity (Wildman–Crippen MR) is 96.0 cm³/mol. The number of anilines is 1. The summed E-state index contributed by atoms with van der Waals surface area (Å²) in [6.07, 6.45) is 1.04. The van der Waals surface area contributed by atoms with Crippen LogP contribution in [0.3, 0.4) is 0 Å². The summed E-state index contributed by atoms with van der Waals surface area (Å²) in [5.41, 5.74) is 0.319. The van der Waals surface area contributed by atoms with Crippen molar-refractivity contribution in [3.05, 3.63) is 58.0 Å². The van der Waals surface area contributed by atoms with Crippen molar-refractivity contribution >= 4 is 48.4 Å². The lowest BCUT2D eigenvalue weighted by molar-refractivity contribution is 0.597. The van der Waals surface area contributed by atoms with E-state index < -0.39 is 25.6 Å². The van der Waals surface area contributed by atoms with Crippen LogP contribution in [0.15, 0.2) is 57.2 Å². The third-order valence-electron chi connectivity index (χ3n) is 3.35. The van der Waals surface area contributed by atoms with Crippen LogP contribution < -0.4 is 15.4 Å². The molecule has 0 aliphatic rings. The predicted octanol–water partition coefficient (Wildman–Crippen LogP) is 1.02. The molecule has 0 aliphatic carbocycles. The summed E-state index contributed by atoms with van der Waals surface area (Å²) >= 11 is 5.84. The van der Waals surface area contributed by atoms with Crippen LogP contribution in [0, 0.1) is 0 Å². The smallest absolute Gasteiger partial charge is 0.266 e. The minimum Gasteiger partial charge on any atom is -0.319 e. The van der Waals surface area contributed by atoms with Crippen molar-refractivity contribution in [2.24, 2.45) is 5.14 Å². The van der Waals surface area contributed by atoms with E-state index in [-0.39, 0.29) is 26.0 Å². The Bertz CT molecular complexity index is 1290. The summed E-state index contributed by atoms with van der Waals surface area (Å²) in [6.45, 7) is 0. The minimum atomic E-state index is -4.02. The molecule has 0 saturated carbocycles. The molecule has 2 aromatic carbocycles. The van der Waals surface area contributed by atoms with Gasteiger partial charge in [0, 0.05) is 0 Å². The largest absolute Gasteiger partial charge is 0.319 e. The number of hydrogen-bond donors (Lipinski definition) is 3. The van der Waals surface area contributed by atoms with E-state index in [1.807, 2.05) is 0 Å². The van der Waals surface area contributed by atoms with E-state index in [0.29, 0.717) is 5.52 Å². The normalized spacial score (nSPS) is 12.2. The number of fused-ring (bicyclic) bond motifs is 1. The Labute approximate surface area is 152 Å². The van der Waals surface area contributed by atoms with E-state index in [9.17, 15) is 21.6 Å². The number of nitrogens with one attached hydrogen (secondary N) is 2. The highest BCUT2D eigenvalue weighted by molar-refractivity contribution is 7.92. The van der Waals surface area contributed by atoms with Gasteiger partial charge in [0.25, 0.3) is 15.6 Å². The van der Waals surface area contributed by atoms with Gasteiger partial charge in [-0.2, -0.15) is 0 Å². The molecule has 0 radical (unpaired) electrons. The van der Waals surface area contributed by atoms with Crippen molar-refractivity contribution in [1.29, 1.82) is 0 Å². The number of hydrogen-bond acceptors (Lipinski definition) is 6. The van der Waals surface area contributed by atoms with Gasteiger partial charge in [-0.15, -0.1) is 0 Å². The molecule has 0 saturated heterocycles. The molecule has 136 valence electrons. The van der Waals surface area contributed by atoms with E-state index >= 15 is 0 Å². The van der Waals surface area contributed by atoms with E-state index in [1.165, 1.54) is 24.3 Å². The molecular formula is C14H11ClN4O5S2. The molecular weight excluding hydrogens is 404 g/mol. The first kappa shape index (κ1) is 18.3. The summed E-state index contributed by atoms with van der Waals surface area (Å²) < 4.78 is 50.0. The Morgan fingerprint density at radius 3 is 2.46 bits per heavy atom. The van der Waals surface area contributed by atoms with Gasteiger partial charge < -0.3 is 4.98 Å². The maximum absolute atomic E-state index is 12.5. The summed E-state index contributed by atoms with van der Waals surface area (Å²) in [6, 6.07) is 7.45. The molecule has 0 spiro atoms. The van der Waals surface area contributed by atoms with Gasteiger partial charge in [0.15, 0.2) is 0 Å². The summed E-state index contributed by atoms with van der Waals surface area (Å²) in [7, 11) is -8.02. The molecule has 0 atom stereocenters. The average Bonchev–Trinajstić information content (AvgIpc) is 2.52. The van der Waals surface area contributed by atoms with Gasteiger partial charge in [0.1, 0.15) is 4.90 Å². The van der Waals surface area contributed by atoms with Crippen molar-refractivity contribution in [3.63, 3.8) is 0 Å². The highest BCUT2D eigenvalue weighted by Crippen LogP contribution is 2.26. The zero-order valence-electron chi connectivity index (χ0n) is 12.8. The fourth-order valence-corrected chi connectivity index (χ4v) is 4.35. The Balaban J connectivity index is 1.98. The Morgan fingerprint density at radius 1 is 1.08 bits per heavy atom. The van der Waals surface area contributed by atoms with Gasteiger partial charge in [-0.25, -0.2) is 27.0 Å². The lowest BCUT2D eigenvalue weighted by Crippen LogP contribution is -2.15. The first-order valence-corrected chi connectivity index (χ1v) is 10.3. The minimum absolute atomic E-state index is 0.0527. The Morgan fingerprint density at radius 2 is 1.81 bits per heavy atom. The van der Waals surface area contributed by atoms with Crippen LogP contribution in [-0.4, -0.2) is 26.8 Å².